The summed E-state index contributed by atoms with van der Waals surface area (Å²) in [7, 11) is -7.35. The molecule has 2 aromatic carbocycles. The Balaban J connectivity index is 1.18. The summed E-state index contributed by atoms with van der Waals surface area (Å²) < 4.78 is 52.4. The number of thiazole rings is 1. The molecule has 5 rings (SSSR count). The van der Waals surface area contributed by atoms with Crippen LogP contribution in [0.5, 0.6) is 0 Å². The van der Waals surface area contributed by atoms with Crippen LogP contribution >= 0.6 is 11.3 Å². The molecule has 1 aromatic heterocycles. The first-order valence-electron chi connectivity index (χ1n) is 11.8. The molecule has 192 valence electrons. The number of rotatable bonds is 5. The van der Waals surface area contributed by atoms with Crippen LogP contribution in [0.4, 0.5) is 5.13 Å². The summed E-state index contributed by atoms with van der Waals surface area (Å²) in [6.07, 6.45) is 1.94. The van der Waals surface area contributed by atoms with Gasteiger partial charge in [0.1, 0.15) is 0 Å². The third-order valence-corrected chi connectivity index (χ3v) is 10.9. The van der Waals surface area contributed by atoms with Crippen LogP contribution in [-0.2, 0) is 24.7 Å². The zero-order valence-corrected chi connectivity index (χ0v) is 22.4. The van der Waals surface area contributed by atoms with E-state index in [1.165, 1.54) is 28.6 Å². The SMILES string of the molecule is CS(=O)(=O)c1cccc(S(=O)(=O)N2CCC(C(=O)N3CCN(c4nc5ccccc5s4)CC3)CC2)c1. The maximum atomic E-state index is 13.2. The predicted octanol–water partition coefficient (Wildman–Crippen LogP) is 2.45. The van der Waals surface area contributed by atoms with E-state index in [9.17, 15) is 21.6 Å². The van der Waals surface area contributed by atoms with Gasteiger partial charge in [-0.15, -0.1) is 0 Å². The number of piperazine rings is 1. The molecule has 0 bridgehead atoms. The van der Waals surface area contributed by atoms with E-state index in [2.05, 4.69) is 11.0 Å². The van der Waals surface area contributed by atoms with Crippen molar-refractivity contribution >= 4 is 52.5 Å². The van der Waals surface area contributed by atoms with E-state index in [-0.39, 0.29) is 34.7 Å². The molecule has 0 spiro atoms. The maximum absolute atomic E-state index is 13.2. The molecule has 2 fully saturated rings. The van der Waals surface area contributed by atoms with E-state index < -0.39 is 19.9 Å². The Kier molecular flexibility index (Phi) is 6.79. The average molecular weight is 549 g/mol. The summed E-state index contributed by atoms with van der Waals surface area (Å²) in [5.74, 6) is -0.136. The van der Waals surface area contributed by atoms with Crippen molar-refractivity contribution in [2.45, 2.75) is 22.6 Å². The molecular formula is C24H28N4O5S3. The molecule has 0 aliphatic carbocycles. The van der Waals surface area contributed by atoms with Crippen LogP contribution in [0.25, 0.3) is 10.2 Å². The smallest absolute Gasteiger partial charge is 0.243 e. The number of hydrogen-bond donors (Lipinski definition) is 0. The van der Waals surface area contributed by atoms with Gasteiger partial charge in [0, 0.05) is 51.4 Å². The van der Waals surface area contributed by atoms with Crippen molar-refractivity contribution in [3.05, 3.63) is 48.5 Å². The summed E-state index contributed by atoms with van der Waals surface area (Å²) in [4.78, 5) is 21.9. The molecule has 1 amide bonds. The molecule has 2 aliphatic heterocycles. The first-order chi connectivity index (χ1) is 17.1. The monoisotopic (exact) mass is 548 g/mol. The molecule has 2 saturated heterocycles. The fourth-order valence-corrected chi connectivity index (χ4v) is 8.00. The molecule has 0 saturated carbocycles. The molecule has 2 aliphatic rings. The molecule has 3 heterocycles. The van der Waals surface area contributed by atoms with E-state index in [0.29, 0.717) is 25.9 Å². The van der Waals surface area contributed by atoms with Gasteiger partial charge in [-0.25, -0.2) is 21.8 Å². The first kappa shape index (κ1) is 25.1. The van der Waals surface area contributed by atoms with Gasteiger partial charge < -0.3 is 9.80 Å². The number of nitrogens with zero attached hydrogens (tertiary/aromatic N) is 4. The molecule has 9 nitrogen and oxygen atoms in total. The first-order valence-corrected chi connectivity index (χ1v) is 16.0. The summed E-state index contributed by atoms with van der Waals surface area (Å²) in [6, 6.07) is 13.5. The number of sulfonamides is 1. The van der Waals surface area contributed by atoms with Gasteiger partial charge >= 0.3 is 0 Å². The van der Waals surface area contributed by atoms with Crippen molar-refractivity contribution in [3.8, 4) is 0 Å². The Morgan fingerprint density at radius 3 is 2.22 bits per heavy atom. The standard InChI is InChI=1S/C24H28N4O5S3/c1-35(30,31)19-5-4-6-20(17-19)36(32,33)28-11-9-18(10-12-28)23(29)26-13-15-27(16-14-26)24-25-21-7-2-3-8-22(21)34-24/h2-8,17-18H,9-16H2,1H3. The van der Waals surface area contributed by atoms with Crippen molar-refractivity contribution in [3.63, 3.8) is 0 Å². The Hall–Kier alpha value is -2.54. The van der Waals surface area contributed by atoms with Crippen LogP contribution in [0.2, 0.25) is 0 Å². The Labute approximate surface area is 215 Å². The number of benzene rings is 2. The van der Waals surface area contributed by atoms with Crippen LogP contribution in [-0.4, -0.2) is 82.5 Å². The third-order valence-electron chi connectivity index (χ3n) is 6.82. The zero-order valence-electron chi connectivity index (χ0n) is 19.9. The van der Waals surface area contributed by atoms with Gasteiger partial charge in [-0.3, -0.25) is 4.79 Å². The molecule has 0 radical (unpaired) electrons. The third kappa shape index (κ3) is 4.99. The van der Waals surface area contributed by atoms with Gasteiger partial charge in [0.15, 0.2) is 15.0 Å². The lowest BCUT2D eigenvalue weighted by Crippen LogP contribution is -2.52. The molecule has 36 heavy (non-hydrogen) atoms. The van der Waals surface area contributed by atoms with Crippen molar-refractivity contribution in [1.29, 1.82) is 0 Å². The number of hydrogen-bond acceptors (Lipinski definition) is 8. The molecule has 0 unspecified atom stereocenters. The largest absolute Gasteiger partial charge is 0.345 e. The van der Waals surface area contributed by atoms with E-state index >= 15 is 0 Å². The van der Waals surface area contributed by atoms with Crippen molar-refractivity contribution in [2.24, 2.45) is 5.92 Å². The van der Waals surface area contributed by atoms with E-state index in [1.807, 2.05) is 23.1 Å². The minimum atomic E-state index is -3.84. The minimum Gasteiger partial charge on any atom is -0.345 e. The molecule has 0 N–H and O–H groups in total. The van der Waals surface area contributed by atoms with Crippen LogP contribution < -0.4 is 4.90 Å². The lowest BCUT2D eigenvalue weighted by Gasteiger charge is -2.38. The van der Waals surface area contributed by atoms with Crippen LogP contribution in [0.15, 0.2) is 58.3 Å². The Morgan fingerprint density at radius 1 is 0.889 bits per heavy atom. The summed E-state index contributed by atoms with van der Waals surface area (Å²) in [5.41, 5.74) is 0.987. The number of amides is 1. The van der Waals surface area contributed by atoms with Crippen LogP contribution in [0.1, 0.15) is 12.8 Å². The lowest BCUT2D eigenvalue weighted by molar-refractivity contribution is -0.137. The number of piperidine rings is 1. The lowest BCUT2D eigenvalue weighted by atomic mass is 9.96. The number of carbonyl (C=O) groups is 1. The van der Waals surface area contributed by atoms with Crippen LogP contribution in [0, 0.1) is 5.92 Å². The minimum absolute atomic E-state index is 0.0290. The van der Waals surface area contributed by atoms with Crippen molar-refractivity contribution < 1.29 is 21.6 Å². The predicted molar refractivity (Wildman–Crippen MR) is 139 cm³/mol. The fraction of sp³-hybridized carbons (Fsp3) is 0.417. The fourth-order valence-electron chi connectivity index (χ4n) is 4.73. The maximum Gasteiger partial charge on any atom is 0.243 e. The summed E-state index contributed by atoms with van der Waals surface area (Å²) >= 11 is 1.66. The van der Waals surface area contributed by atoms with Gasteiger partial charge in [0.2, 0.25) is 15.9 Å². The molecule has 0 atom stereocenters. The number of carbonyl (C=O) groups excluding carboxylic acids is 1. The van der Waals surface area contributed by atoms with E-state index in [4.69, 9.17) is 4.98 Å². The number of fused-ring (bicyclic) bond motifs is 1. The second-order valence-corrected chi connectivity index (χ2v) is 14.2. The highest BCUT2D eigenvalue weighted by molar-refractivity contribution is 7.91. The van der Waals surface area contributed by atoms with E-state index in [1.54, 1.807) is 11.3 Å². The summed E-state index contributed by atoms with van der Waals surface area (Å²) in [6.45, 7) is 3.13. The highest BCUT2D eigenvalue weighted by Gasteiger charge is 2.35. The van der Waals surface area contributed by atoms with Crippen LogP contribution in [0.3, 0.4) is 0 Å². The highest BCUT2D eigenvalue weighted by atomic mass is 32.2. The Morgan fingerprint density at radius 2 is 1.56 bits per heavy atom. The number of sulfone groups is 1. The van der Waals surface area contributed by atoms with Gasteiger partial charge in [-0.05, 0) is 43.2 Å². The second kappa shape index (κ2) is 9.73. The molecular weight excluding hydrogens is 520 g/mol. The number of para-hydroxylation sites is 1. The van der Waals surface area contributed by atoms with E-state index in [0.717, 1.165) is 34.7 Å². The van der Waals surface area contributed by atoms with Crippen molar-refractivity contribution in [1.82, 2.24) is 14.2 Å². The van der Waals surface area contributed by atoms with Crippen molar-refractivity contribution in [2.75, 3.05) is 50.4 Å². The number of anilines is 1. The van der Waals surface area contributed by atoms with Gasteiger partial charge in [0.05, 0.1) is 20.0 Å². The van der Waals surface area contributed by atoms with Gasteiger partial charge in [-0.1, -0.05) is 29.5 Å². The quantitative estimate of drug-likeness (QED) is 0.482. The summed E-state index contributed by atoms with van der Waals surface area (Å²) in [5, 5.41) is 0.974. The topological polar surface area (TPSA) is 108 Å². The normalized spacial score (nSPS) is 18.6. The molecule has 12 heteroatoms. The van der Waals surface area contributed by atoms with Gasteiger partial charge in [-0.2, -0.15) is 4.31 Å². The molecule has 3 aromatic rings. The Bertz CT molecular complexity index is 1450. The number of aromatic nitrogens is 1. The van der Waals surface area contributed by atoms with Gasteiger partial charge in [0.25, 0.3) is 0 Å². The highest BCUT2D eigenvalue weighted by Crippen LogP contribution is 2.30. The zero-order chi connectivity index (χ0) is 25.5. The average Bonchev–Trinajstić information content (AvgIpc) is 3.32. The second-order valence-electron chi connectivity index (χ2n) is 9.20.